The van der Waals surface area contributed by atoms with Crippen LogP contribution >= 0.6 is 0 Å². The number of piperazine rings is 1. The Kier molecular flexibility index (Phi) is 11.8. The molecule has 11 rings (SSSR count). The Hall–Kier alpha value is -5.75. The second kappa shape index (κ2) is 18.1. The molecule has 1 saturated carbocycles. The monoisotopic (exact) mass is 907 g/mol. The Morgan fingerprint density at radius 1 is 0.896 bits per heavy atom. The number of likely N-dealkylation sites (tertiary alicyclic amines) is 2. The fourth-order valence-electron chi connectivity index (χ4n) is 11.9. The molecule has 5 aliphatic heterocycles. The predicted molar refractivity (Wildman–Crippen MR) is 256 cm³/mol. The van der Waals surface area contributed by atoms with E-state index in [-0.39, 0.29) is 51.4 Å². The first kappa shape index (κ1) is 43.8. The lowest BCUT2D eigenvalue weighted by Crippen LogP contribution is -2.51. The summed E-state index contributed by atoms with van der Waals surface area (Å²) in [4.78, 5) is 46.1. The summed E-state index contributed by atoms with van der Waals surface area (Å²) in [6.07, 6.45) is 19.1. The highest BCUT2D eigenvalue weighted by atomic mass is 19.1. The minimum Gasteiger partial charge on any atom is -0.508 e. The smallest absolute Gasteiger partial charge is 0.249 e. The lowest BCUT2D eigenvalue weighted by Gasteiger charge is -2.38. The van der Waals surface area contributed by atoms with Crippen LogP contribution in [0.4, 0.5) is 20.3 Å². The number of amides is 2. The molecule has 0 spiro atoms. The molecule has 6 aliphatic rings. The van der Waals surface area contributed by atoms with Gasteiger partial charge in [-0.3, -0.25) is 19.9 Å². The minimum atomic E-state index is -0.638. The van der Waals surface area contributed by atoms with Crippen molar-refractivity contribution in [3.8, 4) is 29.4 Å². The summed E-state index contributed by atoms with van der Waals surface area (Å²) in [6, 6.07) is 14.5. The third-order valence-electron chi connectivity index (χ3n) is 15.8. The van der Waals surface area contributed by atoms with Crippen molar-refractivity contribution >= 4 is 45.0 Å². The van der Waals surface area contributed by atoms with Gasteiger partial charge in [0, 0.05) is 73.9 Å². The summed E-state index contributed by atoms with van der Waals surface area (Å²) in [5.74, 6) is 3.22. The SMILES string of the molecule is C#Cc1c(F)ccc2cc(O)cc(-c3ncc4c(N5CC6CCC(C5)N6)nc(CCC5(CN6CCC(CN7CCC(c8ccc(NC9CCC(=O)NC9=O)cc8)CC7)CC6)CC5)nc4c3F)c12. The largest absolute Gasteiger partial charge is 0.508 e. The number of piperidine rings is 3. The average molecular weight is 908 g/mol. The maximum atomic E-state index is 17.2. The molecule has 2 aromatic heterocycles. The van der Waals surface area contributed by atoms with Crippen LogP contribution in [0.1, 0.15) is 93.5 Å². The number of aromatic nitrogens is 3. The molecule has 3 aromatic carbocycles. The summed E-state index contributed by atoms with van der Waals surface area (Å²) >= 11 is 0. The number of nitrogens with one attached hydrogen (secondary N) is 3. The number of fused-ring (bicyclic) bond motifs is 4. The first-order valence-electron chi connectivity index (χ1n) is 24.5. The van der Waals surface area contributed by atoms with Crippen molar-refractivity contribution in [1.29, 1.82) is 0 Å². The van der Waals surface area contributed by atoms with E-state index in [1.165, 1.54) is 55.5 Å². The van der Waals surface area contributed by atoms with Gasteiger partial charge in [-0.25, -0.2) is 18.7 Å². The maximum Gasteiger partial charge on any atom is 0.249 e. The van der Waals surface area contributed by atoms with E-state index in [0.717, 1.165) is 90.1 Å². The van der Waals surface area contributed by atoms with Crippen LogP contribution in [-0.2, 0) is 16.0 Å². The van der Waals surface area contributed by atoms with E-state index in [2.05, 4.69) is 65.8 Å². The summed E-state index contributed by atoms with van der Waals surface area (Å²) in [5, 5.41) is 21.5. The van der Waals surface area contributed by atoms with Gasteiger partial charge in [-0.2, -0.15) is 0 Å². The molecule has 3 atom stereocenters. The minimum absolute atomic E-state index is 0.00592. The molecule has 4 N–H and O–H groups in total. The first-order chi connectivity index (χ1) is 32.6. The van der Waals surface area contributed by atoms with Gasteiger partial charge in [0.2, 0.25) is 11.8 Å². The highest BCUT2D eigenvalue weighted by Crippen LogP contribution is 2.50. The molecule has 12 nitrogen and oxygen atoms in total. The van der Waals surface area contributed by atoms with Gasteiger partial charge in [0.25, 0.3) is 0 Å². The van der Waals surface area contributed by atoms with Crippen LogP contribution in [0.5, 0.6) is 5.75 Å². The summed E-state index contributed by atoms with van der Waals surface area (Å²) in [5.41, 5.74) is 2.82. The van der Waals surface area contributed by atoms with Gasteiger partial charge in [0.1, 0.15) is 40.5 Å². The second-order valence-electron chi connectivity index (χ2n) is 20.4. The molecular weight excluding hydrogens is 849 g/mol. The number of carbonyl (C=O) groups is 2. The molecule has 67 heavy (non-hydrogen) atoms. The van der Waals surface area contributed by atoms with Crippen molar-refractivity contribution in [3.05, 3.63) is 83.3 Å². The maximum absolute atomic E-state index is 17.2. The standard InChI is InChI=1S/C53H59F2N9O3/c1-2-40-43(54)10-5-35-25-39(65)26-41(47(35)40)49-48(55)50-42(27-56-49)51(64-29-37-8-9-38(30-64)57-37)60-45(59-50)13-18-53(19-20-53)31-63-21-14-32(15-22-63)28-62-23-16-34(17-24-62)33-3-6-36(7-4-33)58-44-11-12-46(66)61-52(44)67/h1,3-7,10,25-27,32,34,37-38,44,57-58,65H,8-9,11-24,28-31H2,(H,61,66,67). The van der Waals surface area contributed by atoms with Gasteiger partial charge in [-0.1, -0.05) is 24.1 Å². The molecular formula is C53H59F2N9O3. The van der Waals surface area contributed by atoms with E-state index < -0.39 is 11.6 Å². The summed E-state index contributed by atoms with van der Waals surface area (Å²) in [6.45, 7) is 8.22. The predicted octanol–water partition coefficient (Wildman–Crippen LogP) is 7.27. The average Bonchev–Trinajstić information content (AvgIpc) is 4.02. The number of pyridine rings is 1. The number of terminal acetylenes is 1. The Morgan fingerprint density at radius 3 is 2.36 bits per heavy atom. The molecule has 7 heterocycles. The molecule has 6 fully saturated rings. The molecule has 14 heteroatoms. The molecule has 3 unspecified atom stereocenters. The Balaban J connectivity index is 0.725. The van der Waals surface area contributed by atoms with Crippen molar-refractivity contribution in [2.24, 2.45) is 11.3 Å². The first-order valence-corrected chi connectivity index (χ1v) is 24.5. The molecule has 0 radical (unpaired) electrons. The molecule has 5 saturated heterocycles. The van der Waals surface area contributed by atoms with Crippen molar-refractivity contribution in [1.82, 2.24) is 35.4 Å². The number of rotatable bonds is 12. The number of benzene rings is 3. The van der Waals surface area contributed by atoms with Crippen LogP contribution in [0.3, 0.4) is 0 Å². The molecule has 1 aliphatic carbocycles. The number of aromatic hydroxyl groups is 1. The number of carbonyl (C=O) groups excluding carboxylic acids is 2. The fourth-order valence-corrected chi connectivity index (χ4v) is 11.9. The lowest BCUT2D eigenvalue weighted by molar-refractivity contribution is -0.133. The Labute approximate surface area is 390 Å². The van der Waals surface area contributed by atoms with Crippen LogP contribution in [0.2, 0.25) is 0 Å². The Morgan fingerprint density at radius 2 is 1.64 bits per heavy atom. The van der Waals surface area contributed by atoms with Gasteiger partial charge < -0.3 is 30.4 Å². The van der Waals surface area contributed by atoms with E-state index in [4.69, 9.17) is 16.4 Å². The third-order valence-corrected chi connectivity index (χ3v) is 15.8. The zero-order valence-electron chi connectivity index (χ0n) is 38.0. The zero-order chi connectivity index (χ0) is 45.8. The van der Waals surface area contributed by atoms with Gasteiger partial charge in [-0.05, 0) is 149 Å². The van der Waals surface area contributed by atoms with Gasteiger partial charge in [-0.15, -0.1) is 6.42 Å². The van der Waals surface area contributed by atoms with Gasteiger partial charge >= 0.3 is 0 Å². The normalized spacial score (nSPS) is 23.7. The van der Waals surface area contributed by atoms with Crippen LogP contribution < -0.4 is 20.9 Å². The number of hydrogen-bond acceptors (Lipinski definition) is 11. The number of anilines is 2. The summed E-state index contributed by atoms with van der Waals surface area (Å²) < 4.78 is 32.2. The van der Waals surface area contributed by atoms with E-state index in [9.17, 15) is 14.7 Å². The van der Waals surface area contributed by atoms with E-state index >= 15 is 8.78 Å². The van der Waals surface area contributed by atoms with E-state index in [0.29, 0.717) is 71.0 Å². The summed E-state index contributed by atoms with van der Waals surface area (Å²) in [7, 11) is 0. The Bertz CT molecular complexity index is 2750. The number of aryl methyl sites for hydroxylation is 1. The molecule has 2 amide bonds. The molecule has 2 bridgehead atoms. The highest BCUT2D eigenvalue weighted by molar-refractivity contribution is 6.03. The fraction of sp³-hybridized carbons (Fsp3) is 0.491. The molecule has 5 aromatic rings. The van der Waals surface area contributed by atoms with Crippen LogP contribution in [0.15, 0.2) is 54.7 Å². The number of phenolic OH excluding ortho intramolecular Hbond substituents is 1. The zero-order valence-corrected chi connectivity index (χ0v) is 38.0. The van der Waals surface area contributed by atoms with Crippen molar-refractivity contribution < 1.29 is 23.5 Å². The van der Waals surface area contributed by atoms with Crippen LogP contribution in [0.25, 0.3) is 32.9 Å². The van der Waals surface area contributed by atoms with Crippen LogP contribution in [0, 0.1) is 35.3 Å². The van der Waals surface area contributed by atoms with Crippen molar-refractivity contribution in [3.63, 3.8) is 0 Å². The van der Waals surface area contributed by atoms with Crippen molar-refractivity contribution in [2.45, 2.75) is 101 Å². The second-order valence-corrected chi connectivity index (χ2v) is 20.4. The quantitative estimate of drug-likeness (QED) is 0.0743. The number of hydrogen-bond donors (Lipinski definition) is 4. The van der Waals surface area contributed by atoms with Crippen LogP contribution in [-0.4, -0.2) is 112 Å². The number of nitrogens with zero attached hydrogens (tertiary/aromatic N) is 6. The van der Waals surface area contributed by atoms with Gasteiger partial charge in [0.05, 0.1) is 10.9 Å². The van der Waals surface area contributed by atoms with E-state index in [1.807, 2.05) is 0 Å². The topological polar surface area (TPSA) is 139 Å². The van der Waals surface area contributed by atoms with E-state index in [1.54, 1.807) is 6.20 Å². The third kappa shape index (κ3) is 9.06. The van der Waals surface area contributed by atoms with Gasteiger partial charge in [0.15, 0.2) is 5.82 Å². The number of imide groups is 1. The number of phenols is 1. The lowest BCUT2D eigenvalue weighted by atomic mass is 9.88. The number of halogens is 2. The molecule has 348 valence electrons. The van der Waals surface area contributed by atoms with Crippen molar-refractivity contribution in [2.75, 3.05) is 62.6 Å². The highest BCUT2D eigenvalue weighted by Gasteiger charge is 2.44.